The minimum atomic E-state index is -3.58. The highest BCUT2D eigenvalue weighted by molar-refractivity contribution is 7.99. The average molecular weight is 1130 g/mol. The van der Waals surface area contributed by atoms with Gasteiger partial charge in [0.1, 0.15) is 34.1 Å². The molecule has 23 heteroatoms. The second-order valence-corrected chi connectivity index (χ2v) is 24.6. The predicted molar refractivity (Wildman–Crippen MR) is 312 cm³/mol. The molecule has 0 bridgehead atoms. The third-order valence-corrected chi connectivity index (χ3v) is 18.6. The fourth-order valence-electron chi connectivity index (χ4n) is 8.33. The molecule has 2 aromatic heterocycles. The van der Waals surface area contributed by atoms with E-state index in [1.54, 1.807) is 68.8 Å². The Morgan fingerprint density at radius 1 is 0.513 bits per heavy atom. The molecule has 3 N–H and O–H groups in total. The Labute approximate surface area is 462 Å². The van der Waals surface area contributed by atoms with Crippen molar-refractivity contribution in [3.63, 3.8) is 0 Å². The van der Waals surface area contributed by atoms with Gasteiger partial charge in [-0.2, -0.15) is 47.1 Å². The Hall–Kier alpha value is -5.59. The van der Waals surface area contributed by atoms with Crippen LogP contribution < -0.4 is 40.1 Å². The van der Waals surface area contributed by atoms with Crippen molar-refractivity contribution in [2.75, 3.05) is 141 Å². The molecule has 4 aromatic carbocycles. The standard InChI is InChI=1S/C26H32N6O3S2.C22H24ClN5O3S.C4H9NS.CH4/c1-20-3-5-21(6-4-20)27-24-19-25(30-15-17-36-18-16-30)29-26(28-24)31-11-13-32(14-12-31)37(33,34)23-9-7-22(35-2)8-10-23;1-16-3-5-17(6-4-16)24-21-15-20(23)25-22(26-21)27-11-13-28(14-12-27)32(29,30)19-9-7-18(31-2)8-10-19;1-3-6-4-2-5-1;/h3-10,19H,11-18H2,1-2H3,(H,27,28,29);3-10,15H,11-14H2,1-2H3,(H,24,25,26);5H,1-4H2;1H4. The molecule has 0 saturated carbocycles. The Kier molecular flexibility index (Phi) is 21.1. The van der Waals surface area contributed by atoms with E-state index in [4.69, 9.17) is 31.0 Å². The number of aromatic nitrogens is 4. The normalized spacial score (nSPS) is 16.5. The van der Waals surface area contributed by atoms with Gasteiger partial charge in [-0.05, 0) is 86.6 Å². The van der Waals surface area contributed by atoms with Crippen LogP contribution in [0.2, 0.25) is 5.15 Å². The van der Waals surface area contributed by atoms with Crippen molar-refractivity contribution < 1.29 is 26.3 Å². The maximum Gasteiger partial charge on any atom is 0.243 e. The van der Waals surface area contributed by atoms with Gasteiger partial charge in [-0.1, -0.05) is 54.4 Å². The van der Waals surface area contributed by atoms with E-state index < -0.39 is 20.0 Å². The SMILES string of the molecule is C.C1CSCCN1.COc1ccc(S(=O)(=O)N2CCN(c3nc(Cl)cc(Nc4ccc(C)cc4)n3)CC2)cc1.COc1ccc(S(=O)(=O)N2CCN(c3nc(Nc4ccc(C)cc4)cc(N4CCSCC4)n3)CC2)cc1. The minimum Gasteiger partial charge on any atom is -0.497 e. The molecule has 6 aromatic rings. The van der Waals surface area contributed by atoms with E-state index >= 15 is 0 Å². The number of methoxy groups -OCH3 is 2. The first kappa shape index (κ1) is 58.1. The van der Waals surface area contributed by atoms with Crippen LogP contribution in [0.3, 0.4) is 0 Å². The Balaban J connectivity index is 0.000000198. The molecule has 6 heterocycles. The number of nitrogens with one attached hydrogen (secondary N) is 3. The fraction of sp³-hybridized carbons (Fsp3) is 0.396. The number of nitrogens with zero attached hydrogens (tertiary/aromatic N) is 9. The third-order valence-electron chi connectivity index (χ3n) is 12.7. The van der Waals surface area contributed by atoms with Crippen LogP contribution in [-0.4, -0.2) is 161 Å². The summed E-state index contributed by atoms with van der Waals surface area (Å²) in [6.45, 7) is 11.7. The molecule has 10 rings (SSSR count). The molecule has 0 unspecified atom stereocenters. The summed E-state index contributed by atoms with van der Waals surface area (Å²) >= 11 is 10.2. The number of rotatable bonds is 13. The molecule has 408 valence electrons. The smallest absolute Gasteiger partial charge is 0.243 e. The average Bonchev–Trinajstić information content (AvgIpc) is 3.45. The van der Waals surface area contributed by atoms with E-state index in [-0.39, 0.29) is 17.2 Å². The zero-order valence-corrected chi connectivity index (χ0v) is 46.7. The van der Waals surface area contributed by atoms with Crippen molar-refractivity contribution in [1.82, 2.24) is 33.9 Å². The quantitative estimate of drug-likeness (QED) is 0.0936. The molecule has 0 radical (unpaired) electrons. The Morgan fingerprint density at radius 3 is 1.32 bits per heavy atom. The Morgan fingerprint density at radius 2 is 0.921 bits per heavy atom. The number of sulfonamides is 2. The summed E-state index contributed by atoms with van der Waals surface area (Å²) in [5.41, 5.74) is 4.22. The summed E-state index contributed by atoms with van der Waals surface area (Å²) in [6.07, 6.45) is 0. The summed E-state index contributed by atoms with van der Waals surface area (Å²) < 4.78 is 65.6. The van der Waals surface area contributed by atoms with Crippen LogP contribution in [0, 0.1) is 13.8 Å². The molecule has 76 heavy (non-hydrogen) atoms. The number of ether oxygens (including phenoxy) is 2. The van der Waals surface area contributed by atoms with Crippen LogP contribution in [0.4, 0.5) is 40.7 Å². The number of piperazine rings is 2. The number of hydrogen-bond acceptors (Lipinski definition) is 18. The number of thioether (sulfide) groups is 2. The van der Waals surface area contributed by atoms with Crippen LogP contribution >= 0.6 is 35.1 Å². The summed E-state index contributed by atoms with van der Waals surface area (Å²) in [4.78, 5) is 25.5. The number of anilines is 7. The maximum absolute atomic E-state index is 13.2. The monoisotopic (exact) mass is 1130 g/mol. The molecule has 0 amide bonds. The number of benzene rings is 4. The lowest BCUT2D eigenvalue weighted by molar-refractivity contribution is 0.382. The minimum absolute atomic E-state index is 0. The van der Waals surface area contributed by atoms with E-state index in [0.717, 1.165) is 47.6 Å². The summed E-state index contributed by atoms with van der Waals surface area (Å²) in [5, 5.41) is 10.2. The summed E-state index contributed by atoms with van der Waals surface area (Å²) in [7, 11) is -4.06. The number of aryl methyl sites for hydroxylation is 2. The van der Waals surface area contributed by atoms with E-state index in [2.05, 4.69) is 54.8 Å². The largest absolute Gasteiger partial charge is 0.497 e. The summed E-state index contributed by atoms with van der Waals surface area (Å²) in [6, 6.07) is 32.8. The lowest BCUT2D eigenvalue weighted by atomic mass is 10.2. The van der Waals surface area contributed by atoms with Gasteiger partial charge in [0.15, 0.2) is 0 Å². The lowest BCUT2D eigenvalue weighted by Gasteiger charge is -2.35. The van der Waals surface area contributed by atoms with E-state index in [1.165, 1.54) is 44.3 Å². The molecule has 18 nitrogen and oxygen atoms in total. The van der Waals surface area contributed by atoms with Crippen molar-refractivity contribution in [3.05, 3.63) is 125 Å². The van der Waals surface area contributed by atoms with Gasteiger partial charge in [0, 0.05) is 125 Å². The number of hydrogen-bond donors (Lipinski definition) is 3. The first-order valence-corrected chi connectivity index (χ1v) is 30.3. The molecule has 4 aliphatic rings. The topological polar surface area (TPSA) is 191 Å². The van der Waals surface area contributed by atoms with Gasteiger partial charge >= 0.3 is 0 Å². The molecule has 4 fully saturated rings. The molecule has 4 saturated heterocycles. The van der Waals surface area contributed by atoms with E-state index in [0.29, 0.717) is 86.7 Å². The van der Waals surface area contributed by atoms with E-state index in [9.17, 15) is 16.8 Å². The van der Waals surface area contributed by atoms with Gasteiger partial charge in [0.05, 0.1) is 24.0 Å². The lowest BCUT2D eigenvalue weighted by Crippen LogP contribution is -2.49. The van der Waals surface area contributed by atoms with Crippen molar-refractivity contribution in [1.29, 1.82) is 0 Å². The van der Waals surface area contributed by atoms with Gasteiger partial charge in [-0.3, -0.25) is 0 Å². The van der Waals surface area contributed by atoms with Crippen molar-refractivity contribution >= 4 is 95.9 Å². The maximum atomic E-state index is 13.2. The fourth-order valence-corrected chi connectivity index (χ4v) is 13.0. The predicted octanol–water partition coefficient (Wildman–Crippen LogP) is 8.26. The molecule has 4 aliphatic heterocycles. The van der Waals surface area contributed by atoms with Crippen molar-refractivity contribution in [2.24, 2.45) is 0 Å². The van der Waals surface area contributed by atoms with Gasteiger partial charge in [-0.25, -0.2) is 21.8 Å². The van der Waals surface area contributed by atoms with Crippen LogP contribution in [0.25, 0.3) is 0 Å². The van der Waals surface area contributed by atoms with Crippen LogP contribution in [-0.2, 0) is 20.0 Å². The van der Waals surface area contributed by atoms with Gasteiger partial charge < -0.3 is 40.1 Å². The first-order chi connectivity index (χ1) is 36.3. The molecule has 0 aliphatic carbocycles. The molecule has 0 atom stereocenters. The molecular formula is C53H69ClN12O6S4. The highest BCUT2D eigenvalue weighted by Crippen LogP contribution is 2.29. The molecular weight excluding hydrogens is 1060 g/mol. The second-order valence-electron chi connectivity index (χ2n) is 17.9. The van der Waals surface area contributed by atoms with Gasteiger partial charge in [0.2, 0.25) is 31.9 Å². The van der Waals surface area contributed by atoms with Crippen LogP contribution in [0.15, 0.2) is 119 Å². The van der Waals surface area contributed by atoms with Crippen molar-refractivity contribution in [2.45, 2.75) is 31.1 Å². The second kappa shape index (κ2) is 27.6. The van der Waals surface area contributed by atoms with Crippen LogP contribution in [0.1, 0.15) is 18.6 Å². The number of halogens is 1. The first-order valence-electron chi connectivity index (χ1n) is 24.8. The zero-order valence-electron chi connectivity index (χ0n) is 42.7. The summed E-state index contributed by atoms with van der Waals surface area (Å²) in [5.74, 6) is 9.29. The zero-order chi connectivity index (χ0) is 52.8. The van der Waals surface area contributed by atoms with Crippen LogP contribution in [0.5, 0.6) is 11.5 Å². The van der Waals surface area contributed by atoms with Crippen molar-refractivity contribution in [3.8, 4) is 11.5 Å². The highest BCUT2D eigenvalue weighted by Gasteiger charge is 2.31. The van der Waals surface area contributed by atoms with E-state index in [1.807, 2.05) is 77.8 Å². The van der Waals surface area contributed by atoms with Gasteiger partial charge in [-0.15, -0.1) is 0 Å². The third kappa shape index (κ3) is 15.8. The van der Waals surface area contributed by atoms with Gasteiger partial charge in [0.25, 0.3) is 0 Å². The molecule has 0 spiro atoms. The highest BCUT2D eigenvalue weighted by atomic mass is 35.5. The Bertz CT molecular complexity index is 2990.